The van der Waals surface area contributed by atoms with E-state index < -0.39 is 0 Å². The molecule has 3 N–H and O–H groups in total. The maximum Gasteiger partial charge on any atom is 0.0630 e. The van der Waals surface area contributed by atoms with Gasteiger partial charge in [-0.3, -0.25) is 4.98 Å². The predicted molar refractivity (Wildman–Crippen MR) is 87.6 cm³/mol. The van der Waals surface area contributed by atoms with Crippen LogP contribution in [-0.2, 0) is 6.54 Å². The first kappa shape index (κ1) is 12.9. The molecule has 0 atom stereocenters. The molecule has 0 bridgehead atoms. The Morgan fingerprint density at radius 3 is 2.65 bits per heavy atom. The fourth-order valence-electron chi connectivity index (χ4n) is 2.15. The van der Waals surface area contributed by atoms with Crippen molar-refractivity contribution in [1.29, 1.82) is 0 Å². The first-order valence-electron chi connectivity index (χ1n) is 6.34. The molecule has 3 aromatic rings. The van der Waals surface area contributed by atoms with Gasteiger partial charge in [0.25, 0.3) is 0 Å². The Hall–Kier alpha value is -2.07. The molecule has 0 saturated carbocycles. The van der Waals surface area contributed by atoms with Crippen LogP contribution in [0, 0.1) is 0 Å². The topological polar surface area (TPSA) is 50.9 Å². The highest BCUT2D eigenvalue weighted by molar-refractivity contribution is 9.10. The average Bonchev–Trinajstić information content (AvgIpc) is 2.49. The van der Waals surface area contributed by atoms with E-state index >= 15 is 0 Å². The van der Waals surface area contributed by atoms with Gasteiger partial charge in [0.2, 0.25) is 0 Å². The molecule has 3 rings (SSSR count). The molecule has 0 aliphatic carbocycles. The first-order valence-corrected chi connectivity index (χ1v) is 7.14. The molecule has 3 nitrogen and oxygen atoms in total. The van der Waals surface area contributed by atoms with Crippen LogP contribution >= 0.6 is 15.9 Å². The summed E-state index contributed by atoms with van der Waals surface area (Å²) in [5.74, 6) is 0. The summed E-state index contributed by atoms with van der Waals surface area (Å²) in [6, 6.07) is 14.2. The number of anilines is 2. The van der Waals surface area contributed by atoms with Crippen LogP contribution in [0.2, 0.25) is 0 Å². The fourth-order valence-corrected chi connectivity index (χ4v) is 2.41. The zero-order valence-electron chi connectivity index (χ0n) is 10.8. The fraction of sp³-hybridized carbons (Fsp3) is 0.0625. The average molecular weight is 328 g/mol. The van der Waals surface area contributed by atoms with E-state index in [-0.39, 0.29) is 0 Å². The summed E-state index contributed by atoms with van der Waals surface area (Å²) in [6.07, 6.45) is 3.58. The van der Waals surface area contributed by atoms with Crippen molar-refractivity contribution < 1.29 is 0 Å². The number of halogens is 1. The van der Waals surface area contributed by atoms with Crippen molar-refractivity contribution in [3.8, 4) is 0 Å². The molecule has 0 amide bonds. The number of nitrogens with zero attached hydrogens (tertiary/aromatic N) is 1. The molecule has 0 fully saturated rings. The standard InChI is InChI=1S/C16H14BrN3/c17-13-4-1-11(2-5-13)9-20-15-6-3-12-10-19-8-7-14(12)16(15)18/h1-8,10,20H,9,18H2. The Labute approximate surface area is 126 Å². The monoisotopic (exact) mass is 327 g/mol. The molecule has 0 radical (unpaired) electrons. The van der Waals surface area contributed by atoms with Gasteiger partial charge in [-0.05, 0) is 29.8 Å². The largest absolute Gasteiger partial charge is 0.397 e. The van der Waals surface area contributed by atoms with Crippen LogP contribution in [0.15, 0.2) is 59.3 Å². The summed E-state index contributed by atoms with van der Waals surface area (Å²) >= 11 is 3.43. The molecule has 100 valence electrons. The minimum Gasteiger partial charge on any atom is -0.397 e. The molecule has 4 heteroatoms. The van der Waals surface area contributed by atoms with Crippen molar-refractivity contribution in [2.45, 2.75) is 6.54 Å². The van der Waals surface area contributed by atoms with Gasteiger partial charge in [0.1, 0.15) is 0 Å². The third-order valence-corrected chi connectivity index (χ3v) is 3.79. The third kappa shape index (κ3) is 2.60. The Bertz CT molecular complexity index is 738. The van der Waals surface area contributed by atoms with Crippen LogP contribution in [0.25, 0.3) is 10.8 Å². The highest BCUT2D eigenvalue weighted by atomic mass is 79.9. The summed E-state index contributed by atoms with van der Waals surface area (Å²) < 4.78 is 1.08. The maximum atomic E-state index is 6.21. The Morgan fingerprint density at radius 2 is 1.85 bits per heavy atom. The Kier molecular flexibility index (Phi) is 3.56. The van der Waals surface area contributed by atoms with Gasteiger partial charge in [0, 0.05) is 34.2 Å². The normalized spacial score (nSPS) is 10.7. The van der Waals surface area contributed by atoms with E-state index in [1.54, 1.807) is 6.20 Å². The first-order chi connectivity index (χ1) is 9.74. The van der Waals surface area contributed by atoms with Crippen LogP contribution < -0.4 is 11.1 Å². The van der Waals surface area contributed by atoms with Crippen molar-refractivity contribution in [3.63, 3.8) is 0 Å². The van der Waals surface area contributed by atoms with E-state index in [9.17, 15) is 0 Å². The van der Waals surface area contributed by atoms with Crippen LogP contribution in [0.5, 0.6) is 0 Å². The molecule has 0 aliphatic rings. The summed E-state index contributed by atoms with van der Waals surface area (Å²) in [5.41, 5.74) is 9.14. The van der Waals surface area contributed by atoms with E-state index in [1.807, 2.05) is 36.5 Å². The SMILES string of the molecule is Nc1c(NCc2ccc(Br)cc2)ccc2cnccc12. The minimum absolute atomic E-state index is 0.744. The molecule has 2 aromatic carbocycles. The van der Waals surface area contributed by atoms with E-state index in [1.165, 1.54) is 5.56 Å². The Balaban J connectivity index is 1.84. The molecule has 0 saturated heterocycles. The Morgan fingerprint density at radius 1 is 1.05 bits per heavy atom. The number of fused-ring (bicyclic) bond motifs is 1. The van der Waals surface area contributed by atoms with Crippen molar-refractivity contribution in [2.24, 2.45) is 0 Å². The second kappa shape index (κ2) is 5.51. The number of hydrogen-bond donors (Lipinski definition) is 2. The van der Waals surface area contributed by atoms with E-state index in [4.69, 9.17) is 5.73 Å². The highest BCUT2D eigenvalue weighted by Crippen LogP contribution is 2.28. The number of benzene rings is 2. The quantitative estimate of drug-likeness (QED) is 0.709. The molecule has 1 aromatic heterocycles. The lowest BCUT2D eigenvalue weighted by Crippen LogP contribution is -2.02. The van der Waals surface area contributed by atoms with Gasteiger partial charge in [-0.25, -0.2) is 0 Å². The number of nitrogens with one attached hydrogen (secondary N) is 1. The minimum atomic E-state index is 0.744. The highest BCUT2D eigenvalue weighted by Gasteiger charge is 2.04. The third-order valence-electron chi connectivity index (χ3n) is 3.26. The molecule has 0 spiro atoms. The summed E-state index contributed by atoms with van der Waals surface area (Å²) in [5, 5.41) is 5.46. The summed E-state index contributed by atoms with van der Waals surface area (Å²) in [4.78, 5) is 4.11. The molecular formula is C16H14BrN3. The summed E-state index contributed by atoms with van der Waals surface area (Å²) in [7, 11) is 0. The van der Waals surface area contributed by atoms with Crippen LogP contribution in [0.3, 0.4) is 0 Å². The van der Waals surface area contributed by atoms with Gasteiger partial charge in [0.15, 0.2) is 0 Å². The van der Waals surface area contributed by atoms with Gasteiger partial charge < -0.3 is 11.1 Å². The molecule has 0 unspecified atom stereocenters. The number of hydrogen-bond acceptors (Lipinski definition) is 3. The lowest BCUT2D eigenvalue weighted by atomic mass is 10.1. The molecule has 0 aliphatic heterocycles. The van der Waals surface area contributed by atoms with Gasteiger partial charge in [0.05, 0.1) is 11.4 Å². The van der Waals surface area contributed by atoms with Crippen molar-refractivity contribution in [1.82, 2.24) is 4.98 Å². The van der Waals surface area contributed by atoms with E-state index in [0.717, 1.165) is 33.2 Å². The molecular weight excluding hydrogens is 314 g/mol. The lowest BCUT2D eigenvalue weighted by molar-refractivity contribution is 1.15. The van der Waals surface area contributed by atoms with Gasteiger partial charge in [-0.2, -0.15) is 0 Å². The molecule has 20 heavy (non-hydrogen) atoms. The molecule has 1 heterocycles. The number of nitrogens with two attached hydrogens (primary N) is 1. The van der Waals surface area contributed by atoms with E-state index in [0.29, 0.717) is 0 Å². The summed E-state index contributed by atoms with van der Waals surface area (Å²) in [6.45, 7) is 0.744. The predicted octanol–water partition coefficient (Wildman–Crippen LogP) is 4.19. The number of aromatic nitrogens is 1. The van der Waals surface area contributed by atoms with Crippen molar-refractivity contribution in [2.75, 3.05) is 11.1 Å². The van der Waals surface area contributed by atoms with Crippen molar-refractivity contribution in [3.05, 3.63) is 64.9 Å². The van der Waals surface area contributed by atoms with Crippen LogP contribution in [-0.4, -0.2) is 4.98 Å². The number of pyridine rings is 1. The zero-order valence-corrected chi connectivity index (χ0v) is 12.4. The second-order valence-electron chi connectivity index (χ2n) is 4.60. The van der Waals surface area contributed by atoms with Gasteiger partial charge >= 0.3 is 0 Å². The van der Waals surface area contributed by atoms with Gasteiger partial charge in [-0.1, -0.05) is 34.1 Å². The lowest BCUT2D eigenvalue weighted by Gasteiger charge is -2.11. The van der Waals surface area contributed by atoms with Crippen LogP contribution in [0.1, 0.15) is 5.56 Å². The van der Waals surface area contributed by atoms with Gasteiger partial charge in [-0.15, -0.1) is 0 Å². The van der Waals surface area contributed by atoms with Crippen LogP contribution in [0.4, 0.5) is 11.4 Å². The second-order valence-corrected chi connectivity index (χ2v) is 5.52. The zero-order chi connectivity index (χ0) is 13.9. The number of nitrogen functional groups attached to an aromatic ring is 1. The smallest absolute Gasteiger partial charge is 0.0630 e. The van der Waals surface area contributed by atoms with E-state index in [2.05, 4.69) is 38.4 Å². The maximum absolute atomic E-state index is 6.21. The number of rotatable bonds is 3. The van der Waals surface area contributed by atoms with Crippen molar-refractivity contribution >= 4 is 38.1 Å².